The van der Waals surface area contributed by atoms with Crippen LogP contribution in [0.5, 0.6) is 11.5 Å². The maximum absolute atomic E-state index is 5.69. The highest BCUT2D eigenvalue weighted by Gasteiger charge is 2.07. The molecule has 28 heavy (non-hydrogen) atoms. The smallest absolute Gasteiger partial charge is 0.190 e. The van der Waals surface area contributed by atoms with Crippen molar-refractivity contribution in [1.29, 1.82) is 0 Å². The van der Waals surface area contributed by atoms with Crippen molar-refractivity contribution in [2.75, 3.05) is 46.6 Å². The van der Waals surface area contributed by atoms with E-state index in [1.807, 2.05) is 19.9 Å². The van der Waals surface area contributed by atoms with E-state index in [0.717, 1.165) is 63.0 Å². The molecule has 0 aromatic heterocycles. The van der Waals surface area contributed by atoms with Crippen LogP contribution in [0, 0.1) is 0 Å². The van der Waals surface area contributed by atoms with Gasteiger partial charge in [-0.1, -0.05) is 17.7 Å². The second kappa shape index (κ2) is 14.5. The molecule has 0 atom stereocenters. The predicted octanol–water partition coefficient (Wildman–Crippen LogP) is 3.55. The third-order valence-electron chi connectivity index (χ3n) is 4.33. The maximum Gasteiger partial charge on any atom is 0.190 e. The van der Waals surface area contributed by atoms with Crippen molar-refractivity contribution < 1.29 is 14.2 Å². The number of guanidine groups is 1. The second-order valence-electron chi connectivity index (χ2n) is 6.26. The number of nitrogens with zero attached hydrogens (tertiary/aromatic N) is 1. The average Bonchev–Trinajstić information content (AvgIpc) is 2.70. The lowest BCUT2D eigenvalue weighted by Crippen LogP contribution is -2.38. The maximum atomic E-state index is 5.69. The first kappa shape index (κ1) is 24.6. The first-order valence-corrected chi connectivity index (χ1v) is 9.85. The Morgan fingerprint density at radius 2 is 1.79 bits per heavy atom. The van der Waals surface area contributed by atoms with Crippen LogP contribution in [0.3, 0.4) is 0 Å². The van der Waals surface area contributed by atoms with Crippen molar-refractivity contribution in [2.24, 2.45) is 4.99 Å². The molecule has 158 valence electrons. The highest BCUT2D eigenvalue weighted by atomic mass is 127. The summed E-state index contributed by atoms with van der Waals surface area (Å²) in [6, 6.07) is 6.13. The Morgan fingerprint density at radius 3 is 2.43 bits per heavy atom. The second-order valence-corrected chi connectivity index (χ2v) is 6.26. The Bertz CT molecular complexity index is 635. The molecule has 0 unspecified atom stereocenters. The van der Waals surface area contributed by atoms with E-state index < -0.39 is 0 Å². The minimum atomic E-state index is 0. The molecule has 0 spiro atoms. The molecule has 1 heterocycles. The van der Waals surface area contributed by atoms with Crippen LogP contribution in [0.25, 0.3) is 0 Å². The molecule has 0 fully saturated rings. The molecule has 6 nitrogen and oxygen atoms in total. The molecular formula is C21H34IN3O3. The first-order chi connectivity index (χ1) is 13.3. The molecule has 1 aliphatic rings. The molecule has 1 aromatic rings. The largest absolute Gasteiger partial charge is 0.490 e. The monoisotopic (exact) mass is 503 g/mol. The molecule has 1 aliphatic heterocycles. The standard InChI is InChI=1S/C21H33N3O3.HI/c1-4-26-19-7-6-18(16-20(19)27-5-2)9-13-24-21(22-3)23-12-8-17-10-14-25-15-11-17;/h6-7,10,16H,4-5,8-9,11-15H2,1-3H3,(H2,22,23,24);1H. The Balaban J connectivity index is 0.00000392. The van der Waals surface area contributed by atoms with Crippen molar-refractivity contribution in [2.45, 2.75) is 33.1 Å². The molecule has 0 radical (unpaired) electrons. The number of halogens is 1. The van der Waals surface area contributed by atoms with E-state index in [9.17, 15) is 0 Å². The first-order valence-electron chi connectivity index (χ1n) is 9.85. The van der Waals surface area contributed by atoms with E-state index in [4.69, 9.17) is 14.2 Å². The summed E-state index contributed by atoms with van der Waals surface area (Å²) >= 11 is 0. The Hall–Kier alpha value is -1.48. The van der Waals surface area contributed by atoms with Gasteiger partial charge in [0.05, 0.1) is 26.4 Å². The summed E-state index contributed by atoms with van der Waals surface area (Å²) in [5, 5.41) is 6.74. The van der Waals surface area contributed by atoms with E-state index >= 15 is 0 Å². The van der Waals surface area contributed by atoms with Crippen LogP contribution in [0.4, 0.5) is 0 Å². The van der Waals surface area contributed by atoms with Gasteiger partial charge in [0.2, 0.25) is 0 Å². The Kier molecular flexibility index (Phi) is 12.7. The van der Waals surface area contributed by atoms with Crippen molar-refractivity contribution >= 4 is 29.9 Å². The minimum absolute atomic E-state index is 0. The van der Waals surface area contributed by atoms with Gasteiger partial charge in [-0.25, -0.2) is 0 Å². The molecular weight excluding hydrogens is 469 g/mol. The third-order valence-corrected chi connectivity index (χ3v) is 4.33. The fraction of sp³-hybridized carbons (Fsp3) is 0.571. The zero-order chi connectivity index (χ0) is 19.3. The van der Waals surface area contributed by atoms with Gasteiger partial charge < -0.3 is 24.8 Å². The molecule has 1 aromatic carbocycles. The van der Waals surface area contributed by atoms with Gasteiger partial charge in [0, 0.05) is 20.1 Å². The van der Waals surface area contributed by atoms with Gasteiger partial charge in [0.25, 0.3) is 0 Å². The topological polar surface area (TPSA) is 64.1 Å². The Morgan fingerprint density at radius 1 is 1.07 bits per heavy atom. The van der Waals surface area contributed by atoms with E-state index in [-0.39, 0.29) is 24.0 Å². The number of hydrogen-bond donors (Lipinski definition) is 2. The number of aliphatic imine (C=N–C) groups is 1. The van der Waals surface area contributed by atoms with Crippen molar-refractivity contribution in [1.82, 2.24) is 10.6 Å². The summed E-state index contributed by atoms with van der Waals surface area (Å²) < 4.78 is 16.6. The van der Waals surface area contributed by atoms with Gasteiger partial charge in [0.15, 0.2) is 17.5 Å². The number of ether oxygens (including phenoxy) is 3. The predicted molar refractivity (Wildman–Crippen MR) is 125 cm³/mol. The summed E-state index contributed by atoms with van der Waals surface area (Å²) in [6.07, 6.45) is 5.13. The number of hydrogen-bond acceptors (Lipinski definition) is 4. The third kappa shape index (κ3) is 8.68. The number of rotatable bonds is 10. The van der Waals surface area contributed by atoms with Crippen LogP contribution in [-0.4, -0.2) is 52.5 Å². The molecule has 0 bridgehead atoms. The van der Waals surface area contributed by atoms with E-state index in [1.54, 1.807) is 7.05 Å². The Labute approximate surface area is 186 Å². The summed E-state index contributed by atoms with van der Waals surface area (Å²) in [4.78, 5) is 4.29. The number of nitrogens with one attached hydrogen (secondary N) is 2. The van der Waals surface area contributed by atoms with Gasteiger partial charge >= 0.3 is 0 Å². The summed E-state index contributed by atoms with van der Waals surface area (Å²) in [6.45, 7) is 8.48. The lowest BCUT2D eigenvalue weighted by molar-refractivity contribution is 0.153. The highest BCUT2D eigenvalue weighted by Crippen LogP contribution is 2.28. The highest BCUT2D eigenvalue weighted by molar-refractivity contribution is 14.0. The summed E-state index contributed by atoms with van der Waals surface area (Å²) in [7, 11) is 1.80. The van der Waals surface area contributed by atoms with Gasteiger partial charge in [-0.2, -0.15) is 0 Å². The summed E-state index contributed by atoms with van der Waals surface area (Å²) in [5.74, 6) is 2.44. The fourth-order valence-electron chi connectivity index (χ4n) is 2.93. The fourth-order valence-corrected chi connectivity index (χ4v) is 2.93. The average molecular weight is 503 g/mol. The van der Waals surface area contributed by atoms with Gasteiger partial charge in [-0.05, 0) is 50.8 Å². The number of benzene rings is 1. The lowest BCUT2D eigenvalue weighted by Gasteiger charge is -2.16. The zero-order valence-electron chi connectivity index (χ0n) is 17.3. The van der Waals surface area contributed by atoms with Crippen LogP contribution >= 0.6 is 24.0 Å². The lowest BCUT2D eigenvalue weighted by atomic mass is 10.1. The van der Waals surface area contributed by atoms with Gasteiger partial charge in [0.1, 0.15) is 0 Å². The van der Waals surface area contributed by atoms with Crippen LogP contribution in [0.1, 0.15) is 32.3 Å². The molecule has 0 amide bonds. The van der Waals surface area contributed by atoms with Crippen LogP contribution in [0.15, 0.2) is 34.8 Å². The van der Waals surface area contributed by atoms with Crippen LogP contribution in [-0.2, 0) is 11.2 Å². The SMILES string of the molecule is CCOc1ccc(CCNC(=NC)NCCC2=CCOCC2)cc1OCC.I. The summed E-state index contributed by atoms with van der Waals surface area (Å²) in [5.41, 5.74) is 2.67. The van der Waals surface area contributed by atoms with E-state index in [2.05, 4.69) is 33.8 Å². The van der Waals surface area contributed by atoms with Crippen LogP contribution in [0.2, 0.25) is 0 Å². The van der Waals surface area contributed by atoms with Gasteiger partial charge in [-0.15, -0.1) is 24.0 Å². The molecule has 0 aliphatic carbocycles. The van der Waals surface area contributed by atoms with E-state index in [1.165, 1.54) is 11.1 Å². The van der Waals surface area contributed by atoms with Crippen LogP contribution < -0.4 is 20.1 Å². The quantitative estimate of drug-likeness (QED) is 0.221. The van der Waals surface area contributed by atoms with Crippen molar-refractivity contribution in [3.05, 3.63) is 35.4 Å². The molecule has 2 N–H and O–H groups in total. The van der Waals surface area contributed by atoms with Crippen molar-refractivity contribution in [3.63, 3.8) is 0 Å². The molecule has 7 heteroatoms. The molecule has 0 saturated carbocycles. The molecule has 2 rings (SSSR count). The van der Waals surface area contributed by atoms with Gasteiger partial charge in [-0.3, -0.25) is 4.99 Å². The van der Waals surface area contributed by atoms with E-state index in [0.29, 0.717) is 13.2 Å². The normalized spacial score (nSPS) is 14.0. The minimum Gasteiger partial charge on any atom is -0.490 e. The zero-order valence-corrected chi connectivity index (χ0v) is 19.6. The molecule has 0 saturated heterocycles. The van der Waals surface area contributed by atoms with Crippen molar-refractivity contribution in [3.8, 4) is 11.5 Å².